The van der Waals surface area contributed by atoms with Crippen molar-refractivity contribution in [3.63, 3.8) is 0 Å². The van der Waals surface area contributed by atoms with Crippen molar-refractivity contribution in [3.8, 4) is 0 Å². The third-order valence-electron chi connectivity index (χ3n) is 4.17. The molecule has 1 saturated carbocycles. The number of esters is 1. The van der Waals surface area contributed by atoms with Gasteiger partial charge in [-0.25, -0.2) is 4.79 Å². The zero-order valence-corrected chi connectivity index (χ0v) is 13.8. The molecule has 0 aromatic carbocycles. The van der Waals surface area contributed by atoms with Crippen LogP contribution in [0.1, 0.15) is 53.1 Å². The first-order chi connectivity index (χ1) is 10.6. The monoisotopic (exact) mass is 324 g/mol. The summed E-state index contributed by atoms with van der Waals surface area (Å²) in [6, 6.07) is 3.02. The lowest BCUT2D eigenvalue weighted by atomic mass is 9.85. The summed E-state index contributed by atoms with van der Waals surface area (Å²) in [5.74, 6) is -0.105. The van der Waals surface area contributed by atoms with Crippen LogP contribution in [0, 0.1) is 5.92 Å². The van der Waals surface area contributed by atoms with Gasteiger partial charge in [-0.2, -0.15) is 0 Å². The van der Waals surface area contributed by atoms with E-state index in [2.05, 4.69) is 5.32 Å². The predicted molar refractivity (Wildman–Crippen MR) is 86.7 cm³/mol. The number of methoxy groups -OCH3 is 1. The second-order valence-electron chi connectivity index (χ2n) is 5.76. The molecule has 1 aromatic heterocycles. The molecule has 22 heavy (non-hydrogen) atoms. The second kappa shape index (κ2) is 8.29. The number of ether oxygens (including phenoxy) is 1. The summed E-state index contributed by atoms with van der Waals surface area (Å²) in [5, 5.41) is 2.82. The van der Waals surface area contributed by atoms with Gasteiger partial charge < -0.3 is 15.8 Å². The Morgan fingerprint density at radius 2 is 2.09 bits per heavy atom. The van der Waals surface area contributed by atoms with Crippen molar-refractivity contribution in [3.05, 3.63) is 21.9 Å². The standard InChI is InChI=1S/C16H24N2O3S/c1-21-16(20)13(9-11-5-3-2-4-6-11)18-15(19)14-8-7-12(10-17)22-14/h7-8,11,13H,2-6,9-10,17H2,1H3,(H,18,19)/t13-/m0/s1. The molecule has 5 nitrogen and oxygen atoms in total. The number of carbonyl (C=O) groups excluding carboxylic acids is 2. The Hall–Kier alpha value is -1.40. The molecule has 3 N–H and O–H groups in total. The molecule has 1 fully saturated rings. The maximum atomic E-state index is 12.3. The highest BCUT2D eigenvalue weighted by atomic mass is 32.1. The maximum absolute atomic E-state index is 12.3. The van der Waals surface area contributed by atoms with Crippen molar-refractivity contribution in [2.24, 2.45) is 11.7 Å². The first-order valence-corrected chi connectivity index (χ1v) is 8.63. The van der Waals surface area contributed by atoms with Gasteiger partial charge in [0.05, 0.1) is 12.0 Å². The Morgan fingerprint density at radius 3 is 2.68 bits per heavy atom. The van der Waals surface area contributed by atoms with Gasteiger partial charge in [0.1, 0.15) is 6.04 Å². The van der Waals surface area contributed by atoms with Crippen molar-refractivity contribution < 1.29 is 14.3 Å². The van der Waals surface area contributed by atoms with Crippen LogP contribution in [-0.4, -0.2) is 25.0 Å². The molecule has 1 aromatic rings. The van der Waals surface area contributed by atoms with Crippen LogP contribution in [-0.2, 0) is 16.1 Å². The van der Waals surface area contributed by atoms with Crippen molar-refractivity contribution in [1.82, 2.24) is 5.32 Å². The normalized spacial score (nSPS) is 17.0. The fourth-order valence-corrected chi connectivity index (χ4v) is 3.74. The fraction of sp³-hybridized carbons (Fsp3) is 0.625. The van der Waals surface area contributed by atoms with Gasteiger partial charge in [-0.15, -0.1) is 11.3 Å². The molecule has 1 aliphatic carbocycles. The Kier molecular flexibility index (Phi) is 6.39. The van der Waals surface area contributed by atoms with Crippen molar-refractivity contribution in [2.45, 2.75) is 51.1 Å². The Bertz CT molecular complexity index is 509. The van der Waals surface area contributed by atoms with Crippen molar-refractivity contribution >= 4 is 23.2 Å². The number of nitrogens with two attached hydrogens (primary N) is 1. The zero-order valence-electron chi connectivity index (χ0n) is 13.0. The van der Waals surface area contributed by atoms with Crippen LogP contribution in [0.3, 0.4) is 0 Å². The van der Waals surface area contributed by atoms with E-state index in [1.54, 1.807) is 6.07 Å². The summed E-state index contributed by atoms with van der Waals surface area (Å²) < 4.78 is 4.85. The lowest BCUT2D eigenvalue weighted by Crippen LogP contribution is -2.42. The molecule has 0 radical (unpaired) electrons. The third-order valence-corrected chi connectivity index (χ3v) is 5.28. The Balaban J connectivity index is 1.98. The Labute approximate surface area is 135 Å². The fourth-order valence-electron chi connectivity index (χ4n) is 2.95. The minimum absolute atomic E-state index is 0.226. The topological polar surface area (TPSA) is 81.4 Å². The van der Waals surface area contributed by atoms with E-state index in [1.165, 1.54) is 37.7 Å². The molecule has 122 valence electrons. The maximum Gasteiger partial charge on any atom is 0.328 e. The van der Waals surface area contributed by atoms with Gasteiger partial charge in [0.15, 0.2) is 0 Å². The molecule has 1 amide bonds. The van der Waals surface area contributed by atoms with Crippen LogP contribution in [0.2, 0.25) is 0 Å². The van der Waals surface area contributed by atoms with E-state index in [0.29, 0.717) is 23.8 Å². The first-order valence-electron chi connectivity index (χ1n) is 7.81. The molecule has 0 saturated heterocycles. The average Bonchev–Trinajstić information content (AvgIpc) is 3.03. The lowest BCUT2D eigenvalue weighted by molar-refractivity contribution is -0.143. The van der Waals surface area contributed by atoms with Crippen molar-refractivity contribution in [1.29, 1.82) is 0 Å². The van der Waals surface area contributed by atoms with Gasteiger partial charge >= 0.3 is 5.97 Å². The Morgan fingerprint density at radius 1 is 1.36 bits per heavy atom. The van der Waals surface area contributed by atoms with E-state index >= 15 is 0 Å². The highest BCUT2D eigenvalue weighted by Crippen LogP contribution is 2.27. The molecule has 1 atom stereocenters. The van der Waals surface area contributed by atoms with Crippen LogP contribution in [0.25, 0.3) is 0 Å². The van der Waals surface area contributed by atoms with E-state index in [0.717, 1.165) is 17.7 Å². The predicted octanol–water partition coefficient (Wildman–Crippen LogP) is 2.45. The van der Waals surface area contributed by atoms with E-state index in [1.807, 2.05) is 6.07 Å². The molecule has 0 aliphatic heterocycles. The van der Waals surface area contributed by atoms with Crippen LogP contribution in [0.4, 0.5) is 0 Å². The molecule has 1 aliphatic rings. The first kappa shape index (κ1) is 17.0. The van der Waals surface area contributed by atoms with Crippen LogP contribution in [0.15, 0.2) is 12.1 Å². The van der Waals surface area contributed by atoms with E-state index < -0.39 is 6.04 Å². The smallest absolute Gasteiger partial charge is 0.328 e. The quantitative estimate of drug-likeness (QED) is 0.788. The number of amides is 1. The van der Waals surface area contributed by atoms with Gasteiger partial charge in [-0.05, 0) is 24.5 Å². The summed E-state index contributed by atoms with van der Waals surface area (Å²) >= 11 is 1.36. The number of hydrogen-bond donors (Lipinski definition) is 2. The van der Waals surface area contributed by atoms with Crippen molar-refractivity contribution in [2.75, 3.05) is 7.11 Å². The SMILES string of the molecule is COC(=O)[C@H](CC1CCCCC1)NC(=O)c1ccc(CN)s1. The molecule has 6 heteroatoms. The molecule has 0 spiro atoms. The highest BCUT2D eigenvalue weighted by Gasteiger charge is 2.27. The van der Waals surface area contributed by atoms with Crippen LogP contribution >= 0.6 is 11.3 Å². The highest BCUT2D eigenvalue weighted by molar-refractivity contribution is 7.14. The lowest BCUT2D eigenvalue weighted by Gasteiger charge is -2.25. The summed E-state index contributed by atoms with van der Waals surface area (Å²) in [4.78, 5) is 25.8. The molecule has 2 rings (SSSR count). The largest absolute Gasteiger partial charge is 0.467 e. The molecular formula is C16H24N2O3S. The average molecular weight is 324 g/mol. The second-order valence-corrected chi connectivity index (χ2v) is 6.93. The number of thiophene rings is 1. The summed E-state index contributed by atoms with van der Waals surface area (Å²) in [5.41, 5.74) is 5.56. The molecule has 1 heterocycles. The molecular weight excluding hydrogens is 300 g/mol. The molecule has 0 unspecified atom stereocenters. The summed E-state index contributed by atoms with van der Waals surface area (Å²) in [6.07, 6.45) is 6.59. The van der Waals surface area contributed by atoms with Crippen LogP contribution < -0.4 is 11.1 Å². The summed E-state index contributed by atoms with van der Waals surface area (Å²) in [6.45, 7) is 0.417. The zero-order chi connectivity index (χ0) is 15.9. The molecule has 0 bridgehead atoms. The van der Waals surface area contributed by atoms with E-state index in [9.17, 15) is 9.59 Å². The van der Waals surface area contributed by atoms with Gasteiger partial charge in [0, 0.05) is 11.4 Å². The van der Waals surface area contributed by atoms with E-state index in [-0.39, 0.29) is 11.9 Å². The van der Waals surface area contributed by atoms with Gasteiger partial charge in [0.25, 0.3) is 5.91 Å². The number of carbonyl (C=O) groups is 2. The van der Waals surface area contributed by atoms with E-state index in [4.69, 9.17) is 10.5 Å². The van der Waals surface area contributed by atoms with Gasteiger partial charge in [-0.3, -0.25) is 4.79 Å². The van der Waals surface area contributed by atoms with Crippen LogP contribution in [0.5, 0.6) is 0 Å². The minimum Gasteiger partial charge on any atom is -0.467 e. The van der Waals surface area contributed by atoms with Gasteiger partial charge in [-0.1, -0.05) is 32.1 Å². The third kappa shape index (κ3) is 4.55. The number of nitrogens with one attached hydrogen (secondary N) is 1. The number of hydrogen-bond acceptors (Lipinski definition) is 5. The van der Waals surface area contributed by atoms with Gasteiger partial charge in [0.2, 0.25) is 0 Å². The minimum atomic E-state index is -0.566. The number of rotatable bonds is 6. The summed E-state index contributed by atoms with van der Waals surface area (Å²) in [7, 11) is 1.36.